The molecule has 0 amide bonds. The van der Waals surface area contributed by atoms with Crippen LogP contribution < -0.4 is 5.32 Å². The zero-order chi connectivity index (χ0) is 13.0. The first-order chi connectivity index (χ1) is 8.67. The van der Waals surface area contributed by atoms with E-state index in [1.165, 1.54) is 24.0 Å². The van der Waals surface area contributed by atoms with Gasteiger partial charge < -0.3 is 10.1 Å². The summed E-state index contributed by atoms with van der Waals surface area (Å²) in [6.07, 6.45) is 3.60. The van der Waals surface area contributed by atoms with Crippen molar-refractivity contribution < 1.29 is 4.74 Å². The first kappa shape index (κ1) is 13.6. The zero-order valence-corrected chi connectivity index (χ0v) is 11.8. The van der Waals surface area contributed by atoms with Crippen LogP contribution in [0.15, 0.2) is 24.3 Å². The summed E-state index contributed by atoms with van der Waals surface area (Å²) in [5.41, 5.74) is 2.66. The predicted octanol–water partition coefficient (Wildman–Crippen LogP) is 3.60. The molecule has 0 aromatic heterocycles. The van der Waals surface area contributed by atoms with Crippen LogP contribution in [0.3, 0.4) is 0 Å². The van der Waals surface area contributed by atoms with E-state index in [0.29, 0.717) is 6.04 Å². The second-order valence-corrected chi connectivity index (χ2v) is 5.47. The molecule has 1 saturated heterocycles. The van der Waals surface area contributed by atoms with E-state index >= 15 is 0 Å². The van der Waals surface area contributed by atoms with Gasteiger partial charge in [0, 0.05) is 6.61 Å². The highest BCUT2D eigenvalue weighted by Crippen LogP contribution is 2.37. The van der Waals surface area contributed by atoms with Gasteiger partial charge >= 0.3 is 0 Å². The standard InChI is InChI=1S/C16H25NO/c1-4-17-15(14-10-6-5-9-13(14)2)16(3)11-7-8-12-18-16/h5-6,9-10,15,17H,4,7-8,11-12H2,1-3H3. The normalized spacial score (nSPS) is 25.9. The van der Waals surface area contributed by atoms with Crippen molar-refractivity contribution in [2.75, 3.05) is 13.2 Å². The molecular formula is C16H25NO. The van der Waals surface area contributed by atoms with Gasteiger partial charge in [-0.2, -0.15) is 0 Å². The molecule has 1 fully saturated rings. The molecule has 1 N–H and O–H groups in total. The Bertz CT molecular complexity index is 382. The van der Waals surface area contributed by atoms with Gasteiger partial charge in [-0.3, -0.25) is 0 Å². The van der Waals surface area contributed by atoms with Crippen LogP contribution in [0, 0.1) is 6.92 Å². The van der Waals surface area contributed by atoms with Crippen molar-refractivity contribution in [2.45, 2.75) is 51.7 Å². The Morgan fingerprint density at radius 1 is 1.33 bits per heavy atom. The maximum Gasteiger partial charge on any atom is 0.0848 e. The minimum absolute atomic E-state index is 0.0691. The second kappa shape index (κ2) is 5.85. The summed E-state index contributed by atoms with van der Waals surface area (Å²) in [4.78, 5) is 0. The highest BCUT2D eigenvalue weighted by atomic mass is 16.5. The Balaban J connectivity index is 2.30. The molecule has 2 atom stereocenters. The molecule has 2 heteroatoms. The van der Waals surface area contributed by atoms with Gasteiger partial charge in [0.25, 0.3) is 0 Å². The van der Waals surface area contributed by atoms with Crippen LogP contribution in [0.1, 0.15) is 50.3 Å². The average molecular weight is 247 g/mol. The number of benzene rings is 1. The van der Waals surface area contributed by atoms with Gasteiger partial charge in [0.1, 0.15) is 0 Å². The first-order valence-corrected chi connectivity index (χ1v) is 7.10. The molecule has 1 aliphatic heterocycles. The van der Waals surface area contributed by atoms with Gasteiger partial charge in [0.05, 0.1) is 11.6 Å². The van der Waals surface area contributed by atoms with Gasteiger partial charge in [-0.05, 0) is 50.8 Å². The monoisotopic (exact) mass is 247 g/mol. The molecule has 1 aromatic rings. The van der Waals surface area contributed by atoms with E-state index in [9.17, 15) is 0 Å². The molecule has 1 aromatic carbocycles. The van der Waals surface area contributed by atoms with Crippen molar-refractivity contribution in [1.29, 1.82) is 0 Å². The summed E-state index contributed by atoms with van der Waals surface area (Å²) in [6, 6.07) is 8.94. The fourth-order valence-corrected chi connectivity index (χ4v) is 2.95. The Morgan fingerprint density at radius 2 is 2.11 bits per heavy atom. The molecule has 1 heterocycles. The van der Waals surface area contributed by atoms with Crippen LogP contribution >= 0.6 is 0 Å². The number of aryl methyl sites for hydroxylation is 1. The quantitative estimate of drug-likeness (QED) is 0.877. The van der Waals surface area contributed by atoms with Crippen LogP contribution in [0.2, 0.25) is 0 Å². The topological polar surface area (TPSA) is 21.3 Å². The summed E-state index contributed by atoms with van der Waals surface area (Å²) in [5, 5.41) is 3.62. The molecule has 2 rings (SSSR count). The first-order valence-electron chi connectivity index (χ1n) is 7.10. The number of rotatable bonds is 4. The molecular weight excluding hydrogens is 222 g/mol. The maximum absolute atomic E-state index is 6.13. The average Bonchev–Trinajstić information content (AvgIpc) is 2.38. The van der Waals surface area contributed by atoms with Crippen molar-refractivity contribution in [3.8, 4) is 0 Å². The summed E-state index contributed by atoms with van der Waals surface area (Å²) in [5.74, 6) is 0. The van der Waals surface area contributed by atoms with Crippen LogP contribution in [-0.2, 0) is 4.74 Å². The molecule has 18 heavy (non-hydrogen) atoms. The number of hydrogen-bond acceptors (Lipinski definition) is 2. The third kappa shape index (κ3) is 2.76. The van der Waals surface area contributed by atoms with E-state index in [1.807, 2.05) is 0 Å². The van der Waals surface area contributed by atoms with Gasteiger partial charge in [-0.25, -0.2) is 0 Å². The lowest BCUT2D eigenvalue weighted by Gasteiger charge is -2.41. The van der Waals surface area contributed by atoms with Gasteiger partial charge in [0.2, 0.25) is 0 Å². The van der Waals surface area contributed by atoms with E-state index < -0.39 is 0 Å². The van der Waals surface area contributed by atoms with Crippen LogP contribution in [-0.4, -0.2) is 18.8 Å². The van der Waals surface area contributed by atoms with Crippen molar-refractivity contribution in [3.63, 3.8) is 0 Å². The molecule has 0 saturated carbocycles. The molecule has 100 valence electrons. The summed E-state index contributed by atoms with van der Waals surface area (Å²) in [7, 11) is 0. The third-order valence-electron chi connectivity index (χ3n) is 4.02. The number of nitrogens with one attached hydrogen (secondary N) is 1. The van der Waals surface area contributed by atoms with Crippen molar-refractivity contribution in [3.05, 3.63) is 35.4 Å². The Labute approximate surface area is 111 Å². The largest absolute Gasteiger partial charge is 0.373 e. The summed E-state index contributed by atoms with van der Waals surface area (Å²) < 4.78 is 6.13. The molecule has 0 bridgehead atoms. The van der Waals surface area contributed by atoms with Crippen LogP contribution in [0.5, 0.6) is 0 Å². The van der Waals surface area contributed by atoms with Crippen LogP contribution in [0.4, 0.5) is 0 Å². The van der Waals surface area contributed by atoms with Crippen molar-refractivity contribution in [2.24, 2.45) is 0 Å². The maximum atomic E-state index is 6.13. The third-order valence-corrected chi connectivity index (χ3v) is 4.02. The molecule has 2 nitrogen and oxygen atoms in total. The zero-order valence-electron chi connectivity index (χ0n) is 11.8. The Hall–Kier alpha value is -0.860. The minimum atomic E-state index is -0.0691. The van der Waals surface area contributed by atoms with Gasteiger partial charge in [-0.15, -0.1) is 0 Å². The molecule has 2 unspecified atom stereocenters. The van der Waals surface area contributed by atoms with E-state index in [4.69, 9.17) is 4.74 Å². The highest BCUT2D eigenvalue weighted by molar-refractivity contribution is 5.31. The Kier molecular flexibility index (Phi) is 4.41. The summed E-state index contributed by atoms with van der Waals surface area (Å²) >= 11 is 0. The van der Waals surface area contributed by atoms with Crippen molar-refractivity contribution >= 4 is 0 Å². The van der Waals surface area contributed by atoms with E-state index in [-0.39, 0.29) is 5.60 Å². The SMILES string of the molecule is CCNC(c1ccccc1C)C1(C)CCCCO1. The van der Waals surface area contributed by atoms with Gasteiger partial charge in [0.15, 0.2) is 0 Å². The molecule has 0 spiro atoms. The number of likely N-dealkylation sites (N-methyl/N-ethyl adjacent to an activating group) is 1. The van der Waals surface area contributed by atoms with Crippen LogP contribution in [0.25, 0.3) is 0 Å². The molecule has 1 aliphatic rings. The lowest BCUT2D eigenvalue weighted by molar-refractivity contribution is -0.0896. The Morgan fingerprint density at radius 3 is 2.72 bits per heavy atom. The van der Waals surface area contributed by atoms with Gasteiger partial charge in [-0.1, -0.05) is 31.2 Å². The van der Waals surface area contributed by atoms with Crippen molar-refractivity contribution in [1.82, 2.24) is 5.32 Å². The van der Waals surface area contributed by atoms with E-state index in [1.54, 1.807) is 0 Å². The highest BCUT2D eigenvalue weighted by Gasteiger charge is 2.37. The lowest BCUT2D eigenvalue weighted by atomic mass is 9.82. The smallest absolute Gasteiger partial charge is 0.0848 e. The summed E-state index contributed by atoms with van der Waals surface area (Å²) in [6.45, 7) is 8.47. The lowest BCUT2D eigenvalue weighted by Crippen LogP contribution is -2.46. The van der Waals surface area contributed by atoms with E-state index in [0.717, 1.165) is 19.6 Å². The number of hydrogen-bond donors (Lipinski definition) is 1. The number of ether oxygens (including phenoxy) is 1. The minimum Gasteiger partial charge on any atom is -0.373 e. The molecule has 0 aliphatic carbocycles. The predicted molar refractivity (Wildman–Crippen MR) is 75.8 cm³/mol. The fourth-order valence-electron chi connectivity index (χ4n) is 2.95. The second-order valence-electron chi connectivity index (χ2n) is 5.47. The molecule has 0 radical (unpaired) electrons. The fraction of sp³-hybridized carbons (Fsp3) is 0.625. The van der Waals surface area contributed by atoms with E-state index in [2.05, 4.69) is 50.4 Å².